The van der Waals surface area contributed by atoms with Crippen molar-refractivity contribution in [3.05, 3.63) is 28.1 Å². The van der Waals surface area contributed by atoms with E-state index in [1.807, 2.05) is 18.3 Å². The topological polar surface area (TPSA) is 83.5 Å². The first-order chi connectivity index (χ1) is 11.1. The maximum atomic E-state index is 6.31. The summed E-state index contributed by atoms with van der Waals surface area (Å²) in [5.41, 5.74) is 13.6. The number of hydrogen-bond acceptors (Lipinski definition) is 6. The van der Waals surface area contributed by atoms with Crippen molar-refractivity contribution in [3.63, 3.8) is 0 Å². The summed E-state index contributed by atoms with van der Waals surface area (Å²) in [4.78, 5) is 4.94. The average molecular weight is 378 g/mol. The number of halogens is 1. The van der Waals surface area contributed by atoms with Gasteiger partial charge in [0, 0.05) is 37.8 Å². The Balaban J connectivity index is 1.85. The summed E-state index contributed by atoms with van der Waals surface area (Å²) < 4.78 is 2.59. The molecule has 1 unspecified atom stereocenters. The molecule has 0 radical (unpaired) electrons. The predicted molar refractivity (Wildman–Crippen MR) is 93.7 cm³/mol. The Bertz CT molecular complexity index is 776. The minimum atomic E-state index is 0.381. The quantitative estimate of drug-likeness (QED) is 0.732. The normalized spacial score (nSPS) is 21.9. The Kier molecular flexibility index (Phi) is 3.74. The molecule has 4 N–H and O–H groups in total. The Labute approximate surface area is 143 Å². The zero-order chi connectivity index (χ0) is 16.0. The van der Waals surface area contributed by atoms with E-state index in [0.717, 1.165) is 53.9 Å². The Hall–Kier alpha value is -1.64. The number of anilines is 1. The number of nitrogens with zero attached hydrogens (tertiary/aromatic N) is 4. The summed E-state index contributed by atoms with van der Waals surface area (Å²) in [5.74, 6) is 0.994. The molecule has 1 fully saturated rings. The third kappa shape index (κ3) is 2.50. The molecule has 0 spiro atoms. The van der Waals surface area contributed by atoms with Crippen molar-refractivity contribution >= 4 is 33.0 Å². The molecular formula is C15H20BrN7. The molecule has 2 aromatic rings. The minimum Gasteiger partial charge on any atom is -0.383 e. The zero-order valence-corrected chi connectivity index (χ0v) is 14.6. The summed E-state index contributed by atoms with van der Waals surface area (Å²) in [5, 5.41) is 9.83. The van der Waals surface area contributed by atoms with Crippen LogP contribution in [0, 0.1) is 0 Å². The Morgan fingerprint density at radius 1 is 1.43 bits per heavy atom. The van der Waals surface area contributed by atoms with Crippen molar-refractivity contribution in [1.82, 2.24) is 30.3 Å². The fraction of sp³-hybridized carbons (Fsp3) is 0.467. The summed E-state index contributed by atoms with van der Waals surface area (Å²) in [6.07, 6.45) is 6.21. The second-order valence-corrected chi connectivity index (χ2v) is 6.93. The number of nitrogens with two attached hydrogens (primary N) is 1. The molecule has 0 aliphatic carbocycles. The van der Waals surface area contributed by atoms with Crippen molar-refractivity contribution in [3.8, 4) is 0 Å². The highest BCUT2D eigenvalue weighted by Crippen LogP contribution is 2.34. The number of fused-ring (bicyclic) bond motifs is 1. The number of piperidine rings is 1. The lowest BCUT2D eigenvalue weighted by Crippen LogP contribution is -2.29. The molecule has 8 heteroatoms. The lowest BCUT2D eigenvalue weighted by atomic mass is 9.96. The monoisotopic (exact) mass is 377 g/mol. The van der Waals surface area contributed by atoms with E-state index in [1.165, 1.54) is 5.57 Å². The Morgan fingerprint density at radius 2 is 2.30 bits per heavy atom. The average Bonchev–Trinajstić information content (AvgIpc) is 3.17. The van der Waals surface area contributed by atoms with Crippen molar-refractivity contribution in [2.45, 2.75) is 18.8 Å². The SMILES string of the molecule is CN1C=C(c2cnn3c(N)c(Br)c(C4CCCNC4)nc23)CN1. The van der Waals surface area contributed by atoms with Gasteiger partial charge < -0.3 is 16.1 Å². The smallest absolute Gasteiger partial charge is 0.165 e. The van der Waals surface area contributed by atoms with E-state index in [-0.39, 0.29) is 0 Å². The molecule has 23 heavy (non-hydrogen) atoms. The van der Waals surface area contributed by atoms with Gasteiger partial charge in [-0.25, -0.2) is 10.4 Å². The summed E-state index contributed by atoms with van der Waals surface area (Å²) >= 11 is 3.63. The van der Waals surface area contributed by atoms with E-state index in [2.05, 4.69) is 38.0 Å². The van der Waals surface area contributed by atoms with Gasteiger partial charge in [0.1, 0.15) is 5.82 Å². The molecule has 4 heterocycles. The molecule has 2 aliphatic heterocycles. The number of nitrogen functional groups attached to an aromatic ring is 1. The first kappa shape index (κ1) is 14.9. The second-order valence-electron chi connectivity index (χ2n) is 6.13. The van der Waals surface area contributed by atoms with E-state index in [4.69, 9.17) is 10.7 Å². The maximum Gasteiger partial charge on any atom is 0.165 e. The van der Waals surface area contributed by atoms with Gasteiger partial charge in [-0.1, -0.05) is 0 Å². The fourth-order valence-corrected chi connectivity index (χ4v) is 3.88. The highest BCUT2D eigenvalue weighted by Gasteiger charge is 2.24. The van der Waals surface area contributed by atoms with Crippen LogP contribution in [0.15, 0.2) is 16.9 Å². The van der Waals surface area contributed by atoms with Crippen LogP contribution in [-0.2, 0) is 0 Å². The van der Waals surface area contributed by atoms with Gasteiger partial charge in [0.05, 0.1) is 16.4 Å². The van der Waals surface area contributed by atoms with E-state index in [0.29, 0.717) is 11.7 Å². The molecule has 4 rings (SSSR count). The molecule has 2 aliphatic rings. The fourth-order valence-electron chi connectivity index (χ4n) is 3.30. The van der Waals surface area contributed by atoms with Gasteiger partial charge in [-0.05, 0) is 40.9 Å². The third-order valence-corrected chi connectivity index (χ3v) is 5.36. The van der Waals surface area contributed by atoms with Crippen LogP contribution in [0.1, 0.15) is 30.0 Å². The van der Waals surface area contributed by atoms with E-state index in [9.17, 15) is 0 Å². The lowest BCUT2D eigenvalue weighted by molar-refractivity contribution is 0.374. The molecule has 122 valence electrons. The molecular weight excluding hydrogens is 358 g/mol. The predicted octanol–water partition coefficient (Wildman–Crippen LogP) is 1.33. The van der Waals surface area contributed by atoms with Crippen LogP contribution in [0.5, 0.6) is 0 Å². The molecule has 0 bridgehead atoms. The van der Waals surface area contributed by atoms with Gasteiger partial charge in [0.2, 0.25) is 0 Å². The van der Waals surface area contributed by atoms with Crippen molar-refractivity contribution in [2.24, 2.45) is 0 Å². The van der Waals surface area contributed by atoms with Gasteiger partial charge >= 0.3 is 0 Å². The standard InChI is InChI=1S/C15H20BrN7/c1-22-8-10(6-19-22)11-7-20-23-14(17)12(16)13(21-15(11)23)9-3-2-4-18-5-9/h7-9,18-19H,2-6,17H2,1H3. The second kappa shape index (κ2) is 5.77. The van der Waals surface area contributed by atoms with Gasteiger partial charge in [-0.15, -0.1) is 0 Å². The van der Waals surface area contributed by atoms with Gasteiger partial charge in [0.25, 0.3) is 0 Å². The van der Waals surface area contributed by atoms with E-state index < -0.39 is 0 Å². The van der Waals surface area contributed by atoms with Crippen LogP contribution in [0.4, 0.5) is 5.82 Å². The van der Waals surface area contributed by atoms with Crippen LogP contribution in [0.25, 0.3) is 11.2 Å². The molecule has 1 saturated heterocycles. The first-order valence-electron chi connectivity index (χ1n) is 7.86. The number of hydrazine groups is 1. The molecule has 1 atom stereocenters. The van der Waals surface area contributed by atoms with Gasteiger partial charge in [-0.2, -0.15) is 9.61 Å². The third-order valence-electron chi connectivity index (χ3n) is 4.55. The summed E-state index contributed by atoms with van der Waals surface area (Å²) in [6.45, 7) is 2.79. The highest BCUT2D eigenvalue weighted by molar-refractivity contribution is 9.10. The number of hydrogen-bond donors (Lipinski definition) is 3. The summed E-state index contributed by atoms with van der Waals surface area (Å²) in [6, 6.07) is 0. The maximum absolute atomic E-state index is 6.31. The molecule has 0 aromatic carbocycles. The Morgan fingerprint density at radius 3 is 3.00 bits per heavy atom. The van der Waals surface area contributed by atoms with Crippen LogP contribution >= 0.6 is 15.9 Å². The number of rotatable bonds is 2. The zero-order valence-electron chi connectivity index (χ0n) is 13.0. The van der Waals surface area contributed by atoms with Crippen molar-refractivity contribution in [1.29, 1.82) is 0 Å². The van der Waals surface area contributed by atoms with Crippen LogP contribution in [-0.4, -0.2) is 46.3 Å². The highest BCUT2D eigenvalue weighted by atomic mass is 79.9. The molecule has 2 aromatic heterocycles. The van der Waals surface area contributed by atoms with Crippen LogP contribution in [0.3, 0.4) is 0 Å². The van der Waals surface area contributed by atoms with Crippen molar-refractivity contribution in [2.75, 3.05) is 32.4 Å². The molecule has 0 amide bonds. The molecule has 7 nitrogen and oxygen atoms in total. The summed E-state index contributed by atoms with van der Waals surface area (Å²) in [7, 11) is 1.98. The van der Waals surface area contributed by atoms with Crippen LogP contribution < -0.4 is 16.5 Å². The number of nitrogens with one attached hydrogen (secondary N) is 2. The molecule has 0 saturated carbocycles. The van der Waals surface area contributed by atoms with Gasteiger partial charge in [-0.3, -0.25) is 0 Å². The lowest BCUT2D eigenvalue weighted by Gasteiger charge is -2.23. The number of aromatic nitrogens is 3. The van der Waals surface area contributed by atoms with E-state index >= 15 is 0 Å². The van der Waals surface area contributed by atoms with Gasteiger partial charge in [0.15, 0.2) is 5.65 Å². The van der Waals surface area contributed by atoms with E-state index in [1.54, 1.807) is 4.52 Å². The van der Waals surface area contributed by atoms with Crippen LogP contribution in [0.2, 0.25) is 0 Å². The minimum absolute atomic E-state index is 0.381. The van der Waals surface area contributed by atoms with Crippen molar-refractivity contribution < 1.29 is 0 Å². The largest absolute Gasteiger partial charge is 0.383 e. The first-order valence-corrected chi connectivity index (χ1v) is 8.65.